The van der Waals surface area contributed by atoms with Crippen LogP contribution in [0.4, 0.5) is 0 Å². The van der Waals surface area contributed by atoms with Gasteiger partial charge in [-0.25, -0.2) is 0 Å². The van der Waals surface area contributed by atoms with Gasteiger partial charge in [-0.2, -0.15) is 0 Å². The standard InChI is InChI=1S/C9H14N2O2/c1-13-9(12)6-2-3-7-8(4-6)11-5-10-7/h5-8H,2-4H2,1H3,(H,10,11)/t6-,7-,8+/m1/s1. The molecular weight excluding hydrogens is 168 g/mol. The molecule has 0 aromatic rings. The maximum absolute atomic E-state index is 11.3. The van der Waals surface area contributed by atoms with Crippen molar-refractivity contribution in [1.82, 2.24) is 5.32 Å². The number of hydrogen-bond acceptors (Lipinski definition) is 4. The molecular formula is C9H14N2O2. The highest BCUT2D eigenvalue weighted by Gasteiger charge is 2.35. The number of hydrogen-bond donors (Lipinski definition) is 1. The van der Waals surface area contributed by atoms with Crippen LogP contribution in [0.3, 0.4) is 0 Å². The summed E-state index contributed by atoms with van der Waals surface area (Å²) in [7, 11) is 1.45. The average molecular weight is 182 g/mol. The molecule has 0 aromatic carbocycles. The van der Waals surface area contributed by atoms with Gasteiger partial charge >= 0.3 is 5.97 Å². The minimum atomic E-state index is -0.0767. The number of carbonyl (C=O) groups excluding carboxylic acids is 1. The van der Waals surface area contributed by atoms with Crippen molar-refractivity contribution in [2.24, 2.45) is 10.9 Å². The number of rotatable bonds is 1. The quantitative estimate of drug-likeness (QED) is 0.594. The zero-order valence-electron chi connectivity index (χ0n) is 7.69. The number of nitrogens with zero attached hydrogens (tertiary/aromatic N) is 1. The minimum Gasteiger partial charge on any atom is -0.469 e. The van der Waals surface area contributed by atoms with E-state index in [9.17, 15) is 4.79 Å². The topological polar surface area (TPSA) is 50.7 Å². The van der Waals surface area contributed by atoms with Crippen molar-refractivity contribution < 1.29 is 9.53 Å². The summed E-state index contributed by atoms with van der Waals surface area (Å²) in [5.41, 5.74) is 0. The molecule has 4 heteroatoms. The van der Waals surface area contributed by atoms with Crippen molar-refractivity contribution in [3.05, 3.63) is 0 Å². The van der Waals surface area contributed by atoms with Crippen LogP contribution in [0, 0.1) is 5.92 Å². The molecule has 1 fully saturated rings. The minimum absolute atomic E-state index is 0.0699. The van der Waals surface area contributed by atoms with E-state index in [1.165, 1.54) is 7.11 Å². The molecule has 1 aliphatic heterocycles. The summed E-state index contributed by atoms with van der Waals surface area (Å²) in [4.78, 5) is 15.6. The van der Waals surface area contributed by atoms with Crippen LogP contribution in [0.15, 0.2) is 4.99 Å². The Labute approximate surface area is 77.4 Å². The van der Waals surface area contributed by atoms with Gasteiger partial charge in [0.1, 0.15) is 0 Å². The number of carbonyl (C=O) groups is 1. The van der Waals surface area contributed by atoms with Crippen molar-refractivity contribution in [2.75, 3.05) is 7.11 Å². The molecule has 0 aromatic heterocycles. The lowest BCUT2D eigenvalue weighted by molar-refractivity contribution is -0.146. The number of esters is 1. The third-order valence-electron chi connectivity index (χ3n) is 2.90. The Kier molecular flexibility index (Phi) is 2.20. The van der Waals surface area contributed by atoms with Gasteiger partial charge in [-0.05, 0) is 19.3 Å². The molecule has 0 unspecified atom stereocenters. The fourth-order valence-electron chi connectivity index (χ4n) is 2.13. The van der Waals surface area contributed by atoms with E-state index in [1.807, 2.05) is 0 Å². The highest BCUT2D eigenvalue weighted by molar-refractivity contribution is 5.72. The zero-order valence-corrected chi connectivity index (χ0v) is 7.69. The molecule has 0 radical (unpaired) electrons. The van der Waals surface area contributed by atoms with Crippen LogP contribution in [0.5, 0.6) is 0 Å². The van der Waals surface area contributed by atoms with Crippen LogP contribution in [0.1, 0.15) is 19.3 Å². The molecule has 0 saturated heterocycles. The summed E-state index contributed by atoms with van der Waals surface area (Å²) in [6, 6.07) is 0.749. The summed E-state index contributed by atoms with van der Waals surface area (Å²) in [6.45, 7) is 0. The van der Waals surface area contributed by atoms with E-state index in [1.54, 1.807) is 6.34 Å². The molecule has 72 valence electrons. The van der Waals surface area contributed by atoms with Crippen LogP contribution in [0.25, 0.3) is 0 Å². The Hall–Kier alpha value is -1.06. The number of ether oxygens (including phenoxy) is 1. The van der Waals surface area contributed by atoms with Gasteiger partial charge in [0, 0.05) is 0 Å². The normalized spacial score (nSPS) is 36.5. The largest absolute Gasteiger partial charge is 0.469 e. The Balaban J connectivity index is 1.95. The molecule has 1 saturated carbocycles. The SMILES string of the molecule is COC(=O)[C@@H]1CC[C@H]2N=CN[C@H]2C1. The second kappa shape index (κ2) is 3.36. The average Bonchev–Trinajstić information content (AvgIpc) is 2.63. The molecule has 1 aliphatic carbocycles. The predicted molar refractivity (Wildman–Crippen MR) is 48.6 cm³/mol. The van der Waals surface area contributed by atoms with Gasteiger partial charge < -0.3 is 10.1 Å². The first-order chi connectivity index (χ1) is 6.31. The molecule has 0 spiro atoms. The van der Waals surface area contributed by atoms with Gasteiger partial charge in [-0.15, -0.1) is 0 Å². The van der Waals surface area contributed by atoms with Gasteiger partial charge in [0.25, 0.3) is 0 Å². The fourth-order valence-corrected chi connectivity index (χ4v) is 2.13. The lowest BCUT2D eigenvalue weighted by Gasteiger charge is -2.28. The van der Waals surface area contributed by atoms with Crippen molar-refractivity contribution in [1.29, 1.82) is 0 Å². The van der Waals surface area contributed by atoms with Crippen LogP contribution in [0.2, 0.25) is 0 Å². The van der Waals surface area contributed by atoms with Crippen molar-refractivity contribution in [3.63, 3.8) is 0 Å². The Morgan fingerprint density at radius 1 is 1.62 bits per heavy atom. The van der Waals surface area contributed by atoms with E-state index in [0.29, 0.717) is 12.1 Å². The molecule has 13 heavy (non-hydrogen) atoms. The fraction of sp³-hybridized carbons (Fsp3) is 0.778. The molecule has 1 heterocycles. The molecule has 2 rings (SSSR count). The zero-order chi connectivity index (χ0) is 9.26. The van der Waals surface area contributed by atoms with Crippen LogP contribution in [-0.2, 0) is 9.53 Å². The van der Waals surface area contributed by atoms with E-state index in [-0.39, 0.29) is 11.9 Å². The summed E-state index contributed by atoms with van der Waals surface area (Å²) in [6.07, 6.45) is 4.52. The predicted octanol–water partition coefficient (Wildman–Crippen LogP) is 0.328. The van der Waals surface area contributed by atoms with E-state index < -0.39 is 0 Å². The van der Waals surface area contributed by atoms with Crippen LogP contribution in [-0.4, -0.2) is 31.5 Å². The summed E-state index contributed by atoms with van der Waals surface area (Å²) in [5.74, 6) is -0.00685. The third-order valence-corrected chi connectivity index (χ3v) is 2.90. The van der Waals surface area contributed by atoms with Crippen molar-refractivity contribution in [3.8, 4) is 0 Å². The molecule has 0 amide bonds. The first kappa shape index (κ1) is 8.53. The first-order valence-electron chi connectivity index (χ1n) is 4.67. The number of methoxy groups -OCH3 is 1. The highest BCUT2D eigenvalue weighted by atomic mass is 16.5. The van der Waals surface area contributed by atoms with Gasteiger partial charge in [0.05, 0.1) is 31.4 Å². The summed E-state index contributed by atoms with van der Waals surface area (Å²) >= 11 is 0. The molecule has 3 atom stereocenters. The lowest BCUT2D eigenvalue weighted by Crippen LogP contribution is -2.40. The highest BCUT2D eigenvalue weighted by Crippen LogP contribution is 2.28. The van der Waals surface area contributed by atoms with Gasteiger partial charge in [0.2, 0.25) is 0 Å². The van der Waals surface area contributed by atoms with Crippen LogP contribution >= 0.6 is 0 Å². The first-order valence-corrected chi connectivity index (χ1v) is 4.67. The molecule has 4 nitrogen and oxygen atoms in total. The van der Waals surface area contributed by atoms with Crippen molar-refractivity contribution in [2.45, 2.75) is 31.3 Å². The molecule has 0 bridgehead atoms. The number of fused-ring (bicyclic) bond motifs is 1. The monoisotopic (exact) mass is 182 g/mol. The maximum Gasteiger partial charge on any atom is 0.308 e. The van der Waals surface area contributed by atoms with Crippen LogP contribution < -0.4 is 5.32 Å². The third kappa shape index (κ3) is 1.53. The van der Waals surface area contributed by atoms with E-state index >= 15 is 0 Å². The maximum atomic E-state index is 11.3. The van der Waals surface area contributed by atoms with Crippen molar-refractivity contribution >= 4 is 12.3 Å². The molecule has 2 aliphatic rings. The van der Waals surface area contributed by atoms with E-state index in [0.717, 1.165) is 19.3 Å². The number of aliphatic imine (C=N–C) groups is 1. The Morgan fingerprint density at radius 2 is 2.46 bits per heavy atom. The summed E-state index contributed by atoms with van der Waals surface area (Å²) < 4.78 is 4.73. The lowest BCUT2D eigenvalue weighted by atomic mass is 9.83. The smallest absolute Gasteiger partial charge is 0.308 e. The van der Waals surface area contributed by atoms with E-state index in [2.05, 4.69) is 10.3 Å². The van der Waals surface area contributed by atoms with Gasteiger partial charge in [-0.1, -0.05) is 0 Å². The Morgan fingerprint density at radius 3 is 3.23 bits per heavy atom. The van der Waals surface area contributed by atoms with E-state index in [4.69, 9.17) is 4.74 Å². The van der Waals surface area contributed by atoms with Gasteiger partial charge in [0.15, 0.2) is 0 Å². The molecule has 1 N–H and O–H groups in total. The second-order valence-corrected chi connectivity index (χ2v) is 3.65. The number of nitrogens with one attached hydrogen (secondary N) is 1. The van der Waals surface area contributed by atoms with Gasteiger partial charge in [-0.3, -0.25) is 9.79 Å². The Bertz CT molecular complexity index is 240. The summed E-state index contributed by atoms with van der Waals surface area (Å²) in [5, 5.41) is 3.17. The second-order valence-electron chi connectivity index (χ2n) is 3.65.